The third-order valence-electron chi connectivity index (χ3n) is 4.90. The van der Waals surface area contributed by atoms with Crippen molar-refractivity contribution in [2.24, 2.45) is 5.92 Å². The van der Waals surface area contributed by atoms with Crippen LogP contribution in [0.5, 0.6) is 0 Å². The fraction of sp³-hybridized carbons (Fsp3) is 0.350. The Labute approximate surface area is 147 Å². The first kappa shape index (κ1) is 17.1. The molecule has 0 saturated carbocycles. The molecule has 0 N–H and O–H groups in total. The SMILES string of the molecule is CC(=O)c1ccc(N2CCC(Cc3ccccc3)CC2)c([N+](=O)[O-])c1. The zero-order valence-electron chi connectivity index (χ0n) is 14.4. The first-order valence-electron chi connectivity index (χ1n) is 8.63. The number of nitrogens with zero attached hydrogens (tertiary/aromatic N) is 2. The van der Waals surface area contributed by atoms with Gasteiger partial charge in [0.1, 0.15) is 5.69 Å². The fourth-order valence-electron chi connectivity index (χ4n) is 3.48. The van der Waals surface area contributed by atoms with Crippen molar-refractivity contribution in [1.82, 2.24) is 0 Å². The molecule has 0 radical (unpaired) electrons. The lowest BCUT2D eigenvalue weighted by molar-refractivity contribution is -0.384. The minimum atomic E-state index is -0.391. The van der Waals surface area contributed by atoms with E-state index in [1.165, 1.54) is 18.6 Å². The number of carbonyl (C=O) groups is 1. The number of nitro groups is 1. The molecule has 5 nitrogen and oxygen atoms in total. The summed E-state index contributed by atoms with van der Waals surface area (Å²) < 4.78 is 0. The highest BCUT2D eigenvalue weighted by Gasteiger charge is 2.25. The van der Waals surface area contributed by atoms with E-state index in [0.717, 1.165) is 32.4 Å². The standard InChI is InChI=1S/C20H22N2O3/c1-15(23)18-7-8-19(20(14-18)22(24)25)21-11-9-17(10-12-21)13-16-5-3-2-4-6-16/h2-8,14,17H,9-13H2,1H3. The Balaban J connectivity index is 1.70. The minimum Gasteiger partial charge on any atom is -0.366 e. The molecule has 130 valence electrons. The molecule has 2 aromatic carbocycles. The number of nitro benzene ring substituents is 1. The van der Waals surface area contributed by atoms with E-state index in [2.05, 4.69) is 29.2 Å². The molecule has 1 saturated heterocycles. The van der Waals surface area contributed by atoms with E-state index in [4.69, 9.17) is 0 Å². The maximum absolute atomic E-state index is 11.5. The van der Waals surface area contributed by atoms with E-state index in [1.54, 1.807) is 12.1 Å². The number of rotatable bonds is 5. The van der Waals surface area contributed by atoms with Gasteiger partial charge in [-0.15, -0.1) is 0 Å². The zero-order chi connectivity index (χ0) is 17.8. The second-order valence-electron chi connectivity index (χ2n) is 6.64. The van der Waals surface area contributed by atoms with Crippen LogP contribution in [0.4, 0.5) is 11.4 Å². The number of anilines is 1. The Kier molecular flexibility index (Phi) is 5.12. The molecule has 0 bridgehead atoms. The third kappa shape index (κ3) is 4.05. The van der Waals surface area contributed by atoms with Crippen molar-refractivity contribution >= 4 is 17.2 Å². The molecule has 0 aromatic heterocycles. The lowest BCUT2D eigenvalue weighted by Crippen LogP contribution is -2.34. The minimum absolute atomic E-state index is 0.0224. The molecule has 0 unspecified atom stereocenters. The molecule has 5 heteroatoms. The quantitative estimate of drug-likeness (QED) is 0.464. The van der Waals surface area contributed by atoms with Crippen molar-refractivity contribution in [3.63, 3.8) is 0 Å². The van der Waals surface area contributed by atoms with E-state index >= 15 is 0 Å². The van der Waals surface area contributed by atoms with Crippen LogP contribution in [-0.2, 0) is 6.42 Å². The normalized spacial score (nSPS) is 15.2. The molecular formula is C20H22N2O3. The van der Waals surface area contributed by atoms with Crippen LogP contribution in [0.1, 0.15) is 35.7 Å². The highest BCUT2D eigenvalue weighted by atomic mass is 16.6. The first-order valence-corrected chi connectivity index (χ1v) is 8.63. The van der Waals surface area contributed by atoms with Gasteiger partial charge in [-0.1, -0.05) is 30.3 Å². The van der Waals surface area contributed by atoms with Crippen LogP contribution in [0.3, 0.4) is 0 Å². The number of Topliss-reactive ketones (excluding diaryl/α,β-unsaturated/α-hetero) is 1. The van der Waals surface area contributed by atoms with Gasteiger partial charge < -0.3 is 4.90 Å². The predicted octanol–water partition coefficient (Wildman–Crippen LogP) is 4.26. The van der Waals surface area contributed by atoms with E-state index in [0.29, 0.717) is 17.2 Å². The lowest BCUT2D eigenvalue weighted by Gasteiger charge is -2.33. The number of hydrogen-bond donors (Lipinski definition) is 0. The Hall–Kier alpha value is -2.69. The van der Waals surface area contributed by atoms with Crippen LogP contribution in [0, 0.1) is 16.0 Å². The highest BCUT2D eigenvalue weighted by molar-refractivity contribution is 5.95. The number of benzene rings is 2. The van der Waals surface area contributed by atoms with Crippen molar-refractivity contribution in [3.05, 3.63) is 69.8 Å². The lowest BCUT2D eigenvalue weighted by atomic mass is 9.90. The van der Waals surface area contributed by atoms with Crippen LogP contribution >= 0.6 is 0 Å². The molecule has 1 aliphatic heterocycles. The summed E-state index contributed by atoms with van der Waals surface area (Å²) in [6, 6.07) is 15.2. The molecule has 0 spiro atoms. The summed E-state index contributed by atoms with van der Waals surface area (Å²) in [7, 11) is 0. The largest absolute Gasteiger partial charge is 0.366 e. The molecule has 2 aromatic rings. The first-order chi connectivity index (χ1) is 12.0. The van der Waals surface area contributed by atoms with Crippen molar-refractivity contribution in [2.45, 2.75) is 26.2 Å². The second kappa shape index (κ2) is 7.47. The fourth-order valence-corrected chi connectivity index (χ4v) is 3.48. The van der Waals surface area contributed by atoms with Crippen molar-refractivity contribution in [3.8, 4) is 0 Å². The number of piperidine rings is 1. The zero-order valence-corrected chi connectivity index (χ0v) is 14.4. The van der Waals surface area contributed by atoms with Gasteiger partial charge in [-0.3, -0.25) is 14.9 Å². The van der Waals surface area contributed by atoms with Crippen molar-refractivity contribution in [2.75, 3.05) is 18.0 Å². The molecule has 25 heavy (non-hydrogen) atoms. The van der Waals surface area contributed by atoms with Gasteiger partial charge in [-0.05, 0) is 49.8 Å². The van der Waals surface area contributed by atoms with Gasteiger partial charge in [0.25, 0.3) is 5.69 Å². The van der Waals surface area contributed by atoms with Gasteiger partial charge in [0.15, 0.2) is 5.78 Å². The Morgan fingerprint density at radius 3 is 2.44 bits per heavy atom. The molecular weight excluding hydrogens is 316 g/mol. The highest BCUT2D eigenvalue weighted by Crippen LogP contribution is 2.33. The predicted molar refractivity (Wildman–Crippen MR) is 98.2 cm³/mol. The number of ketones is 1. The molecule has 3 rings (SSSR count). The van der Waals surface area contributed by atoms with Crippen LogP contribution in [0.25, 0.3) is 0 Å². The van der Waals surface area contributed by atoms with Crippen molar-refractivity contribution in [1.29, 1.82) is 0 Å². The van der Waals surface area contributed by atoms with Crippen LogP contribution in [-0.4, -0.2) is 23.8 Å². The Morgan fingerprint density at radius 1 is 1.16 bits per heavy atom. The maximum atomic E-state index is 11.5. The summed E-state index contributed by atoms with van der Waals surface area (Å²) in [5.74, 6) is 0.449. The smallest absolute Gasteiger partial charge is 0.293 e. The Bertz CT molecular complexity index is 766. The van der Waals surface area contributed by atoms with E-state index in [9.17, 15) is 14.9 Å². The number of hydrogen-bond acceptors (Lipinski definition) is 4. The van der Waals surface area contributed by atoms with Crippen LogP contribution < -0.4 is 4.90 Å². The summed E-state index contributed by atoms with van der Waals surface area (Å²) in [6.07, 6.45) is 3.08. The van der Waals surface area contributed by atoms with Gasteiger partial charge in [0, 0.05) is 24.7 Å². The summed E-state index contributed by atoms with van der Waals surface area (Å²) in [5, 5.41) is 11.4. The third-order valence-corrected chi connectivity index (χ3v) is 4.90. The van der Waals surface area contributed by atoms with Crippen molar-refractivity contribution < 1.29 is 9.72 Å². The van der Waals surface area contributed by atoms with Gasteiger partial charge >= 0.3 is 0 Å². The summed E-state index contributed by atoms with van der Waals surface area (Å²) >= 11 is 0. The molecule has 0 amide bonds. The Morgan fingerprint density at radius 2 is 1.84 bits per heavy atom. The van der Waals surface area contributed by atoms with E-state index in [1.807, 2.05) is 6.07 Å². The topological polar surface area (TPSA) is 63.5 Å². The van der Waals surface area contributed by atoms with E-state index < -0.39 is 4.92 Å². The van der Waals surface area contributed by atoms with Crippen LogP contribution in [0.2, 0.25) is 0 Å². The van der Waals surface area contributed by atoms with Gasteiger partial charge in [0.2, 0.25) is 0 Å². The summed E-state index contributed by atoms with van der Waals surface area (Å²) in [6.45, 7) is 3.03. The van der Waals surface area contributed by atoms with E-state index in [-0.39, 0.29) is 11.5 Å². The number of carbonyl (C=O) groups excluding carboxylic acids is 1. The molecule has 1 aliphatic rings. The molecule has 0 aliphatic carbocycles. The molecule has 0 atom stereocenters. The van der Waals surface area contributed by atoms with Gasteiger partial charge in [-0.2, -0.15) is 0 Å². The summed E-state index contributed by atoms with van der Waals surface area (Å²) in [4.78, 5) is 24.6. The average molecular weight is 338 g/mol. The van der Waals surface area contributed by atoms with Crippen LogP contribution in [0.15, 0.2) is 48.5 Å². The van der Waals surface area contributed by atoms with Gasteiger partial charge in [-0.25, -0.2) is 0 Å². The monoisotopic (exact) mass is 338 g/mol. The second-order valence-corrected chi connectivity index (χ2v) is 6.64. The van der Waals surface area contributed by atoms with Gasteiger partial charge in [0.05, 0.1) is 4.92 Å². The molecule has 1 fully saturated rings. The molecule has 1 heterocycles. The average Bonchev–Trinajstić information content (AvgIpc) is 2.62. The maximum Gasteiger partial charge on any atom is 0.293 e. The summed E-state index contributed by atoms with van der Waals surface area (Å²) in [5.41, 5.74) is 2.37.